The van der Waals surface area contributed by atoms with E-state index in [1.165, 1.54) is 0 Å². The molecule has 0 aliphatic carbocycles. The van der Waals surface area contributed by atoms with Crippen LogP contribution in [0.4, 0.5) is 11.6 Å². The van der Waals surface area contributed by atoms with Crippen LogP contribution in [0.15, 0.2) is 47.7 Å². The lowest BCUT2D eigenvalue weighted by atomic mass is 10.2. The number of hydrogen-bond donors (Lipinski definition) is 2. The van der Waals surface area contributed by atoms with Gasteiger partial charge in [-0.05, 0) is 18.6 Å². The highest BCUT2D eigenvalue weighted by Crippen LogP contribution is 2.15. The molecule has 2 aromatic rings. The number of rotatable bonds is 8. The van der Waals surface area contributed by atoms with Crippen molar-refractivity contribution in [2.75, 3.05) is 56.6 Å². The summed E-state index contributed by atoms with van der Waals surface area (Å²) < 4.78 is 5.21. The summed E-state index contributed by atoms with van der Waals surface area (Å²) in [4.78, 5) is 17.8. The predicted molar refractivity (Wildman–Crippen MR) is 113 cm³/mol. The summed E-state index contributed by atoms with van der Waals surface area (Å²) in [5.41, 5.74) is 8.03. The summed E-state index contributed by atoms with van der Waals surface area (Å²) in [5.74, 6) is 1.26. The molecule has 3 N–H and O–H groups in total. The zero-order valence-corrected chi connectivity index (χ0v) is 16.4. The molecule has 1 aliphatic heterocycles. The summed E-state index contributed by atoms with van der Waals surface area (Å²) in [7, 11) is 1.68. The highest BCUT2D eigenvalue weighted by atomic mass is 16.5. The third kappa shape index (κ3) is 5.90. The molecule has 0 spiro atoms. The Kier molecular flexibility index (Phi) is 7.57. The Balaban J connectivity index is 1.37. The molecule has 0 saturated carbocycles. The number of aromatic nitrogens is 2. The molecule has 1 aromatic heterocycles. The van der Waals surface area contributed by atoms with E-state index >= 15 is 0 Å². The van der Waals surface area contributed by atoms with Gasteiger partial charge in [-0.15, -0.1) is 0 Å². The van der Waals surface area contributed by atoms with Gasteiger partial charge in [0.15, 0.2) is 5.96 Å². The van der Waals surface area contributed by atoms with Gasteiger partial charge in [0, 0.05) is 70.0 Å². The number of hydrogen-bond acceptors (Lipinski definition) is 6. The third-order valence-corrected chi connectivity index (χ3v) is 4.70. The summed E-state index contributed by atoms with van der Waals surface area (Å²) >= 11 is 0. The van der Waals surface area contributed by atoms with Crippen LogP contribution in [-0.4, -0.2) is 67.2 Å². The quantitative estimate of drug-likeness (QED) is 0.406. The van der Waals surface area contributed by atoms with Crippen LogP contribution in [0.2, 0.25) is 0 Å². The molecular formula is C20H29N7O. The van der Waals surface area contributed by atoms with E-state index < -0.39 is 0 Å². The highest BCUT2D eigenvalue weighted by Gasteiger charge is 2.18. The number of para-hydroxylation sites is 1. The molecule has 2 heterocycles. The summed E-state index contributed by atoms with van der Waals surface area (Å²) in [6.07, 6.45) is 4.56. The number of aliphatic imine (C=N–C) groups is 1. The molecular weight excluding hydrogens is 354 g/mol. The molecule has 8 heteroatoms. The minimum absolute atomic E-state index is 0.439. The Hall–Kier alpha value is -2.71. The van der Waals surface area contributed by atoms with Gasteiger partial charge in [-0.1, -0.05) is 18.2 Å². The first kappa shape index (κ1) is 20.0. The van der Waals surface area contributed by atoms with Gasteiger partial charge in [0.25, 0.3) is 0 Å². The van der Waals surface area contributed by atoms with Crippen molar-refractivity contribution in [2.24, 2.45) is 10.7 Å². The fourth-order valence-electron chi connectivity index (χ4n) is 3.22. The van der Waals surface area contributed by atoms with Crippen molar-refractivity contribution in [1.82, 2.24) is 14.9 Å². The van der Waals surface area contributed by atoms with Gasteiger partial charge in [-0.3, -0.25) is 9.89 Å². The van der Waals surface area contributed by atoms with Crippen molar-refractivity contribution < 1.29 is 4.74 Å². The van der Waals surface area contributed by atoms with Gasteiger partial charge in [0.05, 0.1) is 6.61 Å². The first-order valence-electron chi connectivity index (χ1n) is 9.64. The normalized spacial score (nSPS) is 15.6. The second kappa shape index (κ2) is 10.6. The molecule has 1 aromatic carbocycles. The molecule has 0 radical (unpaired) electrons. The molecule has 28 heavy (non-hydrogen) atoms. The van der Waals surface area contributed by atoms with Crippen molar-refractivity contribution in [3.8, 4) is 0 Å². The number of guanidine groups is 1. The molecule has 3 rings (SSSR count). The lowest BCUT2D eigenvalue weighted by molar-refractivity contribution is 0.185. The molecule has 150 valence electrons. The van der Waals surface area contributed by atoms with E-state index in [1.54, 1.807) is 19.5 Å². The first-order chi connectivity index (χ1) is 13.8. The SMILES string of the molecule is COCc1ccccc1NC(N)=NCCCN1CCN(c2ncccn2)CC1. The number of piperazine rings is 1. The number of benzene rings is 1. The molecule has 0 atom stereocenters. The van der Waals surface area contributed by atoms with Crippen molar-refractivity contribution in [1.29, 1.82) is 0 Å². The minimum atomic E-state index is 0.439. The number of ether oxygens (including phenoxy) is 1. The third-order valence-electron chi connectivity index (χ3n) is 4.70. The van der Waals surface area contributed by atoms with E-state index in [0.29, 0.717) is 19.1 Å². The van der Waals surface area contributed by atoms with Crippen LogP contribution in [0, 0.1) is 0 Å². The van der Waals surface area contributed by atoms with E-state index in [-0.39, 0.29) is 0 Å². The fourth-order valence-corrected chi connectivity index (χ4v) is 3.22. The topological polar surface area (TPSA) is 91.9 Å². The van der Waals surface area contributed by atoms with Crippen LogP contribution in [0.5, 0.6) is 0 Å². The monoisotopic (exact) mass is 383 g/mol. The van der Waals surface area contributed by atoms with Crippen LogP contribution in [0.3, 0.4) is 0 Å². The maximum Gasteiger partial charge on any atom is 0.225 e. The lowest BCUT2D eigenvalue weighted by Crippen LogP contribution is -2.47. The van der Waals surface area contributed by atoms with Gasteiger partial charge in [0.1, 0.15) is 0 Å². The second-order valence-electron chi connectivity index (χ2n) is 6.71. The summed E-state index contributed by atoms with van der Waals surface area (Å²) in [5, 5.41) is 3.17. The smallest absolute Gasteiger partial charge is 0.225 e. The Labute approximate surface area is 166 Å². The molecule has 0 unspecified atom stereocenters. The average Bonchev–Trinajstić information content (AvgIpc) is 2.74. The number of nitrogens with zero attached hydrogens (tertiary/aromatic N) is 5. The first-order valence-corrected chi connectivity index (χ1v) is 9.64. The van der Waals surface area contributed by atoms with Gasteiger partial charge in [0.2, 0.25) is 5.95 Å². The Bertz CT molecular complexity index is 745. The maximum absolute atomic E-state index is 6.04. The van der Waals surface area contributed by atoms with Gasteiger partial charge in [-0.2, -0.15) is 0 Å². The van der Waals surface area contributed by atoms with Crippen LogP contribution in [-0.2, 0) is 11.3 Å². The van der Waals surface area contributed by atoms with Gasteiger partial charge in [-0.25, -0.2) is 9.97 Å². The van der Waals surface area contributed by atoms with Crippen molar-refractivity contribution >= 4 is 17.6 Å². The molecule has 1 fully saturated rings. The summed E-state index contributed by atoms with van der Waals surface area (Å²) in [6, 6.07) is 9.79. The molecule has 8 nitrogen and oxygen atoms in total. The highest BCUT2D eigenvalue weighted by molar-refractivity contribution is 5.92. The zero-order chi connectivity index (χ0) is 19.6. The number of nitrogens with two attached hydrogens (primary N) is 1. The largest absolute Gasteiger partial charge is 0.380 e. The number of nitrogens with one attached hydrogen (secondary N) is 1. The Morgan fingerprint density at radius 1 is 1.14 bits per heavy atom. The van der Waals surface area contributed by atoms with Crippen molar-refractivity contribution in [2.45, 2.75) is 13.0 Å². The molecule has 1 saturated heterocycles. The summed E-state index contributed by atoms with van der Waals surface area (Å²) in [6.45, 7) is 6.19. The molecule has 0 amide bonds. The van der Waals surface area contributed by atoms with Crippen LogP contribution in [0.25, 0.3) is 0 Å². The molecule has 0 bridgehead atoms. The van der Waals surface area contributed by atoms with Crippen molar-refractivity contribution in [3.05, 3.63) is 48.3 Å². The predicted octanol–water partition coefficient (Wildman–Crippen LogP) is 1.56. The maximum atomic E-state index is 6.04. The van der Waals surface area contributed by atoms with E-state index in [9.17, 15) is 0 Å². The fraction of sp³-hybridized carbons (Fsp3) is 0.450. The average molecular weight is 384 g/mol. The van der Waals surface area contributed by atoms with E-state index in [0.717, 1.165) is 56.3 Å². The minimum Gasteiger partial charge on any atom is -0.380 e. The number of anilines is 2. The van der Waals surface area contributed by atoms with Crippen LogP contribution < -0.4 is 16.0 Å². The van der Waals surface area contributed by atoms with E-state index in [1.807, 2.05) is 30.3 Å². The molecule has 1 aliphatic rings. The van der Waals surface area contributed by atoms with Crippen LogP contribution >= 0.6 is 0 Å². The zero-order valence-electron chi connectivity index (χ0n) is 16.4. The van der Waals surface area contributed by atoms with Gasteiger partial charge < -0.3 is 20.7 Å². The Morgan fingerprint density at radius 3 is 2.64 bits per heavy atom. The van der Waals surface area contributed by atoms with Crippen LogP contribution in [0.1, 0.15) is 12.0 Å². The standard InChI is InChI=1S/C20H29N7O/c1-28-16-17-6-2-3-7-18(17)25-19(21)22-10-5-11-26-12-14-27(15-13-26)20-23-8-4-9-24-20/h2-4,6-9H,5,10-16H2,1H3,(H3,21,22,25). The van der Waals surface area contributed by atoms with E-state index in [2.05, 4.69) is 30.1 Å². The Morgan fingerprint density at radius 2 is 1.89 bits per heavy atom. The lowest BCUT2D eigenvalue weighted by Gasteiger charge is -2.34. The van der Waals surface area contributed by atoms with E-state index in [4.69, 9.17) is 10.5 Å². The van der Waals surface area contributed by atoms with Crippen molar-refractivity contribution in [3.63, 3.8) is 0 Å². The van der Waals surface area contributed by atoms with Gasteiger partial charge >= 0.3 is 0 Å². The number of methoxy groups -OCH3 is 1. The second-order valence-corrected chi connectivity index (χ2v) is 6.71.